The van der Waals surface area contributed by atoms with E-state index in [0.717, 1.165) is 24.9 Å². The van der Waals surface area contributed by atoms with E-state index in [0.29, 0.717) is 0 Å². The molecular formula is C13H18N4O. The standard InChI is InChI=1S/C13H18N4O/c1-17-9-3-2-4-12(17)13(18)16-15-10-11-5-7-14-8-6-11/h5-8,10,12H,2-4,9H2,1H3,(H,16,18)/b15-10-/t12-/m1/s1. The third-order valence-corrected chi connectivity index (χ3v) is 3.17. The van der Waals surface area contributed by atoms with Crippen LogP contribution in [-0.2, 0) is 4.79 Å². The summed E-state index contributed by atoms with van der Waals surface area (Å²) in [4.78, 5) is 17.9. The van der Waals surface area contributed by atoms with Gasteiger partial charge in [-0.25, -0.2) is 5.43 Å². The van der Waals surface area contributed by atoms with Crippen LogP contribution in [-0.4, -0.2) is 41.6 Å². The molecule has 0 radical (unpaired) electrons. The van der Waals surface area contributed by atoms with E-state index in [2.05, 4.69) is 20.4 Å². The average Bonchev–Trinajstić information content (AvgIpc) is 2.40. The molecule has 1 fully saturated rings. The Hall–Kier alpha value is -1.75. The molecule has 5 heteroatoms. The predicted octanol–water partition coefficient (Wildman–Crippen LogP) is 1.02. The maximum absolute atomic E-state index is 11.9. The summed E-state index contributed by atoms with van der Waals surface area (Å²) >= 11 is 0. The van der Waals surface area contributed by atoms with Crippen molar-refractivity contribution in [2.24, 2.45) is 5.10 Å². The molecule has 0 aromatic carbocycles. The van der Waals surface area contributed by atoms with Crippen LogP contribution in [0.5, 0.6) is 0 Å². The summed E-state index contributed by atoms with van der Waals surface area (Å²) in [7, 11) is 1.98. The highest BCUT2D eigenvalue weighted by Crippen LogP contribution is 2.14. The number of carbonyl (C=O) groups is 1. The van der Waals surface area contributed by atoms with E-state index in [-0.39, 0.29) is 11.9 Å². The Balaban J connectivity index is 1.86. The molecule has 1 aliphatic rings. The van der Waals surface area contributed by atoms with Gasteiger partial charge in [-0.2, -0.15) is 5.10 Å². The minimum Gasteiger partial charge on any atom is -0.295 e. The molecule has 1 aromatic heterocycles. The fourth-order valence-corrected chi connectivity index (χ4v) is 2.10. The molecular weight excluding hydrogens is 228 g/mol. The first-order valence-corrected chi connectivity index (χ1v) is 6.20. The fourth-order valence-electron chi connectivity index (χ4n) is 2.10. The average molecular weight is 246 g/mol. The van der Waals surface area contributed by atoms with Crippen LogP contribution in [0.1, 0.15) is 24.8 Å². The van der Waals surface area contributed by atoms with E-state index in [1.54, 1.807) is 18.6 Å². The molecule has 96 valence electrons. The van der Waals surface area contributed by atoms with Crippen LogP contribution in [0.15, 0.2) is 29.6 Å². The molecule has 1 amide bonds. The summed E-state index contributed by atoms with van der Waals surface area (Å²) in [6.07, 6.45) is 8.20. The van der Waals surface area contributed by atoms with Crippen LogP contribution >= 0.6 is 0 Å². The quantitative estimate of drug-likeness (QED) is 0.640. The van der Waals surface area contributed by atoms with Crippen LogP contribution < -0.4 is 5.43 Å². The molecule has 2 heterocycles. The Bertz CT molecular complexity index is 418. The number of hydrogen-bond acceptors (Lipinski definition) is 4. The van der Waals surface area contributed by atoms with Crippen molar-refractivity contribution in [2.45, 2.75) is 25.3 Å². The summed E-state index contributed by atoms with van der Waals surface area (Å²) in [6.45, 7) is 0.978. The van der Waals surface area contributed by atoms with Crippen molar-refractivity contribution in [1.82, 2.24) is 15.3 Å². The van der Waals surface area contributed by atoms with Gasteiger partial charge in [0.2, 0.25) is 0 Å². The second kappa shape index (κ2) is 6.26. The van der Waals surface area contributed by atoms with E-state index in [1.165, 1.54) is 6.42 Å². The minimum atomic E-state index is -0.0478. The topological polar surface area (TPSA) is 57.6 Å². The van der Waals surface area contributed by atoms with Gasteiger partial charge in [-0.15, -0.1) is 0 Å². The Morgan fingerprint density at radius 2 is 2.28 bits per heavy atom. The fraction of sp³-hybridized carbons (Fsp3) is 0.462. The zero-order valence-corrected chi connectivity index (χ0v) is 10.5. The lowest BCUT2D eigenvalue weighted by Crippen LogP contribution is -2.46. The smallest absolute Gasteiger partial charge is 0.257 e. The minimum absolute atomic E-state index is 0.0255. The van der Waals surface area contributed by atoms with Crippen molar-refractivity contribution < 1.29 is 4.79 Å². The van der Waals surface area contributed by atoms with Gasteiger partial charge in [0.25, 0.3) is 5.91 Å². The van der Waals surface area contributed by atoms with E-state index in [1.807, 2.05) is 19.2 Å². The monoisotopic (exact) mass is 246 g/mol. The zero-order chi connectivity index (χ0) is 12.8. The molecule has 2 rings (SSSR count). The van der Waals surface area contributed by atoms with Gasteiger partial charge < -0.3 is 0 Å². The number of nitrogens with zero attached hydrogens (tertiary/aromatic N) is 3. The number of carbonyl (C=O) groups excluding carboxylic acids is 1. The normalized spacial score (nSPS) is 21.1. The summed E-state index contributed by atoms with van der Waals surface area (Å²) in [6, 6.07) is 3.62. The molecule has 1 atom stereocenters. The summed E-state index contributed by atoms with van der Waals surface area (Å²) in [5.74, 6) is -0.0255. The highest BCUT2D eigenvalue weighted by atomic mass is 16.2. The number of likely N-dealkylation sites (N-methyl/N-ethyl adjacent to an activating group) is 1. The molecule has 0 saturated carbocycles. The van der Waals surface area contributed by atoms with E-state index in [4.69, 9.17) is 0 Å². The molecule has 1 N–H and O–H groups in total. The van der Waals surface area contributed by atoms with Crippen LogP contribution in [0.3, 0.4) is 0 Å². The second-order valence-corrected chi connectivity index (χ2v) is 4.51. The first kappa shape index (κ1) is 12.7. The number of amides is 1. The number of hydrogen-bond donors (Lipinski definition) is 1. The highest BCUT2D eigenvalue weighted by Gasteiger charge is 2.25. The molecule has 0 spiro atoms. The molecule has 18 heavy (non-hydrogen) atoms. The molecule has 1 saturated heterocycles. The third-order valence-electron chi connectivity index (χ3n) is 3.17. The Labute approximate surface area is 107 Å². The number of aromatic nitrogens is 1. The molecule has 0 aliphatic carbocycles. The van der Waals surface area contributed by atoms with Crippen LogP contribution in [0, 0.1) is 0 Å². The van der Waals surface area contributed by atoms with Gasteiger partial charge in [-0.1, -0.05) is 6.42 Å². The van der Waals surface area contributed by atoms with Gasteiger partial charge in [0.15, 0.2) is 0 Å². The number of piperidine rings is 1. The van der Waals surface area contributed by atoms with Crippen molar-refractivity contribution >= 4 is 12.1 Å². The van der Waals surface area contributed by atoms with E-state index in [9.17, 15) is 4.79 Å². The Morgan fingerprint density at radius 3 is 3.00 bits per heavy atom. The van der Waals surface area contributed by atoms with Crippen molar-refractivity contribution in [1.29, 1.82) is 0 Å². The maximum atomic E-state index is 11.9. The SMILES string of the molecule is CN1CCCC[C@@H]1C(=O)N/N=C\c1ccncc1. The highest BCUT2D eigenvalue weighted by molar-refractivity contribution is 5.84. The lowest BCUT2D eigenvalue weighted by molar-refractivity contribution is -0.126. The second-order valence-electron chi connectivity index (χ2n) is 4.51. The van der Waals surface area contributed by atoms with E-state index < -0.39 is 0 Å². The van der Waals surface area contributed by atoms with Crippen molar-refractivity contribution in [2.75, 3.05) is 13.6 Å². The van der Waals surface area contributed by atoms with Gasteiger partial charge >= 0.3 is 0 Å². The number of nitrogens with one attached hydrogen (secondary N) is 1. The van der Waals surface area contributed by atoms with Crippen molar-refractivity contribution in [3.63, 3.8) is 0 Å². The Kier molecular flexibility index (Phi) is 4.41. The van der Waals surface area contributed by atoms with Gasteiger partial charge in [0.1, 0.15) is 0 Å². The summed E-state index contributed by atoms with van der Waals surface area (Å²) in [5.41, 5.74) is 3.52. The largest absolute Gasteiger partial charge is 0.295 e. The first-order chi connectivity index (χ1) is 8.77. The number of rotatable bonds is 3. The van der Waals surface area contributed by atoms with Gasteiger partial charge in [0, 0.05) is 12.4 Å². The maximum Gasteiger partial charge on any atom is 0.257 e. The lowest BCUT2D eigenvalue weighted by Gasteiger charge is -2.30. The van der Waals surface area contributed by atoms with Gasteiger partial charge in [0.05, 0.1) is 12.3 Å². The summed E-state index contributed by atoms with van der Waals surface area (Å²) in [5, 5.41) is 3.97. The lowest BCUT2D eigenvalue weighted by atomic mass is 10.0. The van der Waals surface area contributed by atoms with Crippen molar-refractivity contribution in [3.8, 4) is 0 Å². The van der Waals surface area contributed by atoms with Crippen molar-refractivity contribution in [3.05, 3.63) is 30.1 Å². The molecule has 1 aliphatic heterocycles. The molecule has 1 aromatic rings. The molecule has 0 bridgehead atoms. The van der Waals surface area contributed by atoms with Gasteiger partial charge in [-0.3, -0.25) is 14.7 Å². The summed E-state index contributed by atoms with van der Waals surface area (Å²) < 4.78 is 0. The predicted molar refractivity (Wildman–Crippen MR) is 70.2 cm³/mol. The Morgan fingerprint density at radius 1 is 1.50 bits per heavy atom. The number of likely N-dealkylation sites (tertiary alicyclic amines) is 1. The first-order valence-electron chi connectivity index (χ1n) is 6.20. The molecule has 0 unspecified atom stereocenters. The number of hydrazone groups is 1. The van der Waals surface area contributed by atoms with Crippen LogP contribution in [0.4, 0.5) is 0 Å². The zero-order valence-electron chi connectivity index (χ0n) is 10.5. The van der Waals surface area contributed by atoms with Crippen LogP contribution in [0.2, 0.25) is 0 Å². The molecule has 5 nitrogen and oxygen atoms in total. The van der Waals surface area contributed by atoms with Gasteiger partial charge in [-0.05, 0) is 44.1 Å². The number of pyridine rings is 1. The van der Waals surface area contributed by atoms with E-state index >= 15 is 0 Å². The third kappa shape index (κ3) is 3.37. The van der Waals surface area contributed by atoms with Crippen LogP contribution in [0.25, 0.3) is 0 Å².